The summed E-state index contributed by atoms with van der Waals surface area (Å²) in [6, 6.07) is 24.2. The van der Waals surface area contributed by atoms with Crippen LogP contribution in [-0.4, -0.2) is 28.9 Å². The number of fused-ring (bicyclic) bond motifs is 1. The Morgan fingerprint density at radius 2 is 1.76 bits per heavy atom. The van der Waals surface area contributed by atoms with E-state index in [0.717, 1.165) is 22.3 Å². The van der Waals surface area contributed by atoms with Crippen LogP contribution in [0.4, 0.5) is 11.6 Å². The first kappa shape index (κ1) is 20.8. The maximum absolute atomic E-state index is 13.5. The number of anilines is 2. The molecular formula is C26H24N4O3. The molecule has 1 aliphatic heterocycles. The first-order valence-electron chi connectivity index (χ1n) is 10.9. The number of piperidine rings is 1. The van der Waals surface area contributed by atoms with Crippen LogP contribution in [0.25, 0.3) is 11.0 Å². The molecule has 0 spiro atoms. The molecule has 4 aromatic rings. The van der Waals surface area contributed by atoms with Gasteiger partial charge in [-0.05, 0) is 48.4 Å². The van der Waals surface area contributed by atoms with Gasteiger partial charge in [-0.1, -0.05) is 42.5 Å². The summed E-state index contributed by atoms with van der Waals surface area (Å²) in [7, 11) is 1.60. The van der Waals surface area contributed by atoms with Crippen LogP contribution in [0.5, 0.6) is 5.75 Å². The van der Waals surface area contributed by atoms with Crippen LogP contribution in [0.2, 0.25) is 0 Å². The zero-order chi connectivity index (χ0) is 22.8. The van der Waals surface area contributed by atoms with Gasteiger partial charge in [-0.3, -0.25) is 14.9 Å². The van der Waals surface area contributed by atoms with Crippen molar-refractivity contribution >= 4 is 34.5 Å². The summed E-state index contributed by atoms with van der Waals surface area (Å²) < 4.78 is 5.27. The molecule has 2 N–H and O–H groups in total. The minimum absolute atomic E-state index is 0.0122. The van der Waals surface area contributed by atoms with Gasteiger partial charge in [0.05, 0.1) is 30.1 Å². The third kappa shape index (κ3) is 4.05. The molecular weight excluding hydrogens is 416 g/mol. The fourth-order valence-electron chi connectivity index (χ4n) is 4.47. The Bertz CT molecular complexity index is 1250. The molecule has 0 aliphatic carbocycles. The van der Waals surface area contributed by atoms with Crippen LogP contribution in [0.3, 0.4) is 0 Å². The number of aromatic nitrogens is 2. The molecule has 1 saturated heterocycles. The van der Waals surface area contributed by atoms with Gasteiger partial charge in [0.25, 0.3) is 0 Å². The molecule has 7 nitrogen and oxygen atoms in total. The van der Waals surface area contributed by atoms with Crippen LogP contribution in [0.15, 0.2) is 78.9 Å². The maximum atomic E-state index is 13.5. The fraction of sp³-hybridized carbons (Fsp3) is 0.192. The number of carbonyl (C=O) groups excluding carboxylic acids is 2. The van der Waals surface area contributed by atoms with E-state index in [2.05, 4.69) is 15.3 Å². The van der Waals surface area contributed by atoms with Crippen molar-refractivity contribution < 1.29 is 14.3 Å². The SMILES string of the molecule is COc1ccc(N2C(=O)CC[C@H](C(=O)Nc3nc4ccccc4[nH]3)[C@H]2c2ccccc2)cc1. The van der Waals surface area contributed by atoms with Gasteiger partial charge in [-0.2, -0.15) is 0 Å². The van der Waals surface area contributed by atoms with E-state index in [1.165, 1.54) is 0 Å². The van der Waals surface area contributed by atoms with Gasteiger partial charge >= 0.3 is 0 Å². The van der Waals surface area contributed by atoms with Gasteiger partial charge in [0.1, 0.15) is 5.75 Å². The van der Waals surface area contributed by atoms with Crippen molar-refractivity contribution in [1.29, 1.82) is 0 Å². The molecule has 0 radical (unpaired) electrons. The summed E-state index contributed by atoms with van der Waals surface area (Å²) in [5, 5.41) is 2.94. The summed E-state index contributed by atoms with van der Waals surface area (Å²) in [4.78, 5) is 36.0. The largest absolute Gasteiger partial charge is 0.497 e. The number of nitrogens with one attached hydrogen (secondary N) is 2. The molecule has 0 bridgehead atoms. The first-order valence-corrected chi connectivity index (χ1v) is 10.9. The third-order valence-corrected chi connectivity index (χ3v) is 6.06. The third-order valence-electron chi connectivity index (χ3n) is 6.06. The molecule has 7 heteroatoms. The maximum Gasteiger partial charge on any atom is 0.232 e. The number of methoxy groups -OCH3 is 1. The highest BCUT2D eigenvalue weighted by Gasteiger charge is 2.41. The van der Waals surface area contributed by atoms with Crippen LogP contribution in [-0.2, 0) is 9.59 Å². The monoisotopic (exact) mass is 440 g/mol. The Morgan fingerprint density at radius 3 is 2.48 bits per heavy atom. The molecule has 166 valence electrons. The van der Waals surface area contributed by atoms with Crippen molar-refractivity contribution in [3.8, 4) is 5.75 Å². The van der Waals surface area contributed by atoms with Crippen LogP contribution in [0, 0.1) is 5.92 Å². The molecule has 1 fully saturated rings. The number of imidazole rings is 1. The molecule has 0 unspecified atom stereocenters. The predicted molar refractivity (Wildman–Crippen MR) is 127 cm³/mol. The highest BCUT2D eigenvalue weighted by Crippen LogP contribution is 2.40. The summed E-state index contributed by atoms with van der Waals surface area (Å²) in [6.07, 6.45) is 0.741. The lowest BCUT2D eigenvalue weighted by Crippen LogP contribution is -2.47. The Morgan fingerprint density at radius 1 is 1.03 bits per heavy atom. The minimum atomic E-state index is -0.444. The second-order valence-electron chi connectivity index (χ2n) is 8.05. The standard InChI is InChI=1S/C26H24N4O3/c1-33-19-13-11-18(12-14-19)30-23(31)16-15-20(24(30)17-7-3-2-4-8-17)25(32)29-26-27-21-9-5-6-10-22(21)28-26/h2-14,20,24H,15-16H2,1H3,(H2,27,28,29,32)/t20-,24+/m0/s1. The zero-order valence-corrected chi connectivity index (χ0v) is 18.2. The van der Waals surface area contributed by atoms with Gasteiger partial charge in [0.2, 0.25) is 17.8 Å². The number of H-pyrrole nitrogens is 1. The number of para-hydroxylation sites is 2. The molecule has 2 heterocycles. The lowest BCUT2D eigenvalue weighted by Gasteiger charge is -2.40. The molecule has 2 atom stereocenters. The van der Waals surface area contributed by atoms with Crippen LogP contribution < -0.4 is 15.0 Å². The average Bonchev–Trinajstić information content (AvgIpc) is 3.26. The van der Waals surface area contributed by atoms with E-state index in [1.54, 1.807) is 12.0 Å². The second-order valence-corrected chi connectivity index (χ2v) is 8.05. The Balaban J connectivity index is 1.50. The van der Waals surface area contributed by atoms with Gasteiger partial charge in [-0.25, -0.2) is 4.98 Å². The van der Waals surface area contributed by atoms with Crippen molar-refractivity contribution in [1.82, 2.24) is 9.97 Å². The molecule has 1 aliphatic rings. The zero-order valence-electron chi connectivity index (χ0n) is 18.2. The number of carbonyl (C=O) groups is 2. The number of hydrogen-bond donors (Lipinski definition) is 2. The van der Waals surface area contributed by atoms with E-state index in [9.17, 15) is 9.59 Å². The molecule has 33 heavy (non-hydrogen) atoms. The van der Waals surface area contributed by atoms with E-state index in [1.807, 2.05) is 78.9 Å². The lowest BCUT2D eigenvalue weighted by atomic mass is 9.83. The van der Waals surface area contributed by atoms with Crippen molar-refractivity contribution in [2.24, 2.45) is 5.92 Å². The van der Waals surface area contributed by atoms with E-state index < -0.39 is 12.0 Å². The van der Waals surface area contributed by atoms with Crippen LogP contribution in [0.1, 0.15) is 24.4 Å². The number of rotatable bonds is 5. The van der Waals surface area contributed by atoms with Crippen LogP contribution >= 0.6 is 0 Å². The summed E-state index contributed by atoms with van der Waals surface area (Å²) in [5.41, 5.74) is 3.28. The molecule has 2 amide bonds. The van der Waals surface area contributed by atoms with Gasteiger partial charge < -0.3 is 14.6 Å². The van der Waals surface area contributed by atoms with Crippen molar-refractivity contribution in [3.63, 3.8) is 0 Å². The molecule has 1 aromatic heterocycles. The minimum Gasteiger partial charge on any atom is -0.497 e. The average molecular weight is 441 g/mol. The smallest absolute Gasteiger partial charge is 0.232 e. The number of nitrogens with zero attached hydrogens (tertiary/aromatic N) is 2. The molecule has 3 aromatic carbocycles. The second kappa shape index (κ2) is 8.78. The number of amides is 2. The quantitative estimate of drug-likeness (QED) is 0.471. The van der Waals surface area contributed by atoms with E-state index >= 15 is 0 Å². The van der Waals surface area contributed by atoms with Crippen molar-refractivity contribution in [3.05, 3.63) is 84.4 Å². The normalized spacial score (nSPS) is 18.3. The highest BCUT2D eigenvalue weighted by molar-refractivity contribution is 6.00. The number of benzene rings is 3. The summed E-state index contributed by atoms with van der Waals surface area (Å²) >= 11 is 0. The van der Waals surface area contributed by atoms with E-state index in [4.69, 9.17) is 4.74 Å². The Labute approximate surface area is 191 Å². The molecule has 5 rings (SSSR count). The van der Waals surface area contributed by atoms with E-state index in [-0.39, 0.29) is 18.2 Å². The van der Waals surface area contributed by atoms with Gasteiger partial charge in [0.15, 0.2) is 0 Å². The van der Waals surface area contributed by atoms with Gasteiger partial charge in [-0.15, -0.1) is 0 Å². The predicted octanol–water partition coefficient (Wildman–Crippen LogP) is 4.69. The topological polar surface area (TPSA) is 87.3 Å². The lowest BCUT2D eigenvalue weighted by molar-refractivity contribution is -0.126. The number of ether oxygens (including phenoxy) is 1. The van der Waals surface area contributed by atoms with Crippen molar-refractivity contribution in [2.45, 2.75) is 18.9 Å². The molecule has 0 saturated carbocycles. The Hall–Kier alpha value is -4.13. The first-order chi connectivity index (χ1) is 16.1. The number of aromatic amines is 1. The summed E-state index contributed by atoms with van der Waals surface area (Å²) in [6.45, 7) is 0. The fourth-order valence-corrected chi connectivity index (χ4v) is 4.47. The van der Waals surface area contributed by atoms with Crippen molar-refractivity contribution in [2.75, 3.05) is 17.3 Å². The highest BCUT2D eigenvalue weighted by atomic mass is 16.5. The summed E-state index contributed by atoms with van der Waals surface area (Å²) in [5.74, 6) is 0.482. The number of hydrogen-bond acceptors (Lipinski definition) is 4. The van der Waals surface area contributed by atoms with Gasteiger partial charge in [0, 0.05) is 12.1 Å². The Kier molecular flexibility index (Phi) is 5.52. The van der Waals surface area contributed by atoms with E-state index in [0.29, 0.717) is 18.1 Å².